The van der Waals surface area contributed by atoms with Gasteiger partial charge >= 0.3 is 0 Å². The lowest BCUT2D eigenvalue weighted by Crippen LogP contribution is -2.17. The minimum absolute atomic E-state index is 0.633. The summed E-state index contributed by atoms with van der Waals surface area (Å²) in [6.45, 7) is 1.47. The molecular weight excluding hydrogens is 350 g/mol. The maximum absolute atomic E-state index is 5.31. The van der Waals surface area contributed by atoms with Crippen LogP contribution >= 0.6 is 27.3 Å². The molecule has 1 aromatic carbocycles. The van der Waals surface area contributed by atoms with Crippen molar-refractivity contribution in [3.05, 3.63) is 57.7 Å². The number of aromatic nitrogens is 2. The zero-order valence-corrected chi connectivity index (χ0v) is 13.9. The monoisotopic (exact) mass is 363 g/mol. The lowest BCUT2D eigenvalue weighted by atomic mass is 10.2. The van der Waals surface area contributed by atoms with Crippen LogP contribution < -0.4 is 0 Å². The van der Waals surface area contributed by atoms with Gasteiger partial charge in [0, 0.05) is 11.0 Å². The number of hydrogen-bond donors (Lipinski definition) is 0. The predicted octanol–water partition coefficient (Wildman–Crippen LogP) is 4.19. The molecule has 0 spiro atoms. The fourth-order valence-electron chi connectivity index (χ4n) is 2.01. The van der Waals surface area contributed by atoms with E-state index in [1.807, 2.05) is 36.7 Å². The minimum atomic E-state index is 0.633. The molecule has 0 saturated carbocycles. The van der Waals surface area contributed by atoms with Gasteiger partial charge in [-0.1, -0.05) is 39.3 Å². The quantitative estimate of drug-likeness (QED) is 0.681. The first-order valence-corrected chi connectivity index (χ1v) is 8.17. The number of halogens is 1. The zero-order chi connectivity index (χ0) is 14.7. The normalized spacial score (nSPS) is 11.2. The summed E-state index contributed by atoms with van der Waals surface area (Å²) in [5.41, 5.74) is 1.25. The third-order valence-corrected chi connectivity index (χ3v) is 4.38. The Morgan fingerprint density at radius 3 is 2.71 bits per heavy atom. The van der Waals surface area contributed by atoms with Gasteiger partial charge in [-0.15, -0.1) is 11.3 Å². The number of rotatable bonds is 5. The Hall–Kier alpha value is -1.50. The molecule has 0 saturated heterocycles. The van der Waals surface area contributed by atoms with Crippen molar-refractivity contribution >= 4 is 27.3 Å². The van der Waals surface area contributed by atoms with Crippen LogP contribution in [0.1, 0.15) is 11.5 Å². The standard InChI is InChI=1S/C15H14BrN3OS/c1-19(9-11-4-6-12(16)7-5-11)10-14-17-15(18-20-14)13-3-2-8-21-13/h2-8H,9-10H2,1H3. The zero-order valence-electron chi connectivity index (χ0n) is 11.5. The average molecular weight is 364 g/mol. The fraction of sp³-hybridized carbons (Fsp3) is 0.200. The van der Waals surface area contributed by atoms with Gasteiger partial charge in [0.25, 0.3) is 0 Å². The van der Waals surface area contributed by atoms with Crippen molar-refractivity contribution in [2.75, 3.05) is 7.05 Å². The third kappa shape index (κ3) is 3.78. The highest BCUT2D eigenvalue weighted by Crippen LogP contribution is 2.21. The molecule has 3 aromatic rings. The highest BCUT2D eigenvalue weighted by atomic mass is 79.9. The minimum Gasteiger partial charge on any atom is -0.338 e. The van der Waals surface area contributed by atoms with Crippen molar-refractivity contribution < 1.29 is 4.52 Å². The van der Waals surface area contributed by atoms with E-state index in [1.54, 1.807) is 11.3 Å². The number of thiophene rings is 1. The molecule has 0 unspecified atom stereocenters. The van der Waals surface area contributed by atoms with Crippen molar-refractivity contribution in [2.24, 2.45) is 0 Å². The number of nitrogens with zero attached hydrogens (tertiary/aromatic N) is 3. The summed E-state index contributed by atoms with van der Waals surface area (Å²) in [5.74, 6) is 1.30. The van der Waals surface area contributed by atoms with Gasteiger partial charge in [-0.3, -0.25) is 4.90 Å². The van der Waals surface area contributed by atoms with Crippen LogP contribution in [0.15, 0.2) is 50.8 Å². The summed E-state index contributed by atoms with van der Waals surface area (Å²) in [4.78, 5) is 7.61. The number of benzene rings is 1. The smallest absolute Gasteiger partial charge is 0.241 e. The second-order valence-corrected chi connectivity index (χ2v) is 6.65. The molecule has 0 N–H and O–H groups in total. The highest BCUT2D eigenvalue weighted by molar-refractivity contribution is 9.10. The first kappa shape index (κ1) is 14.4. The molecule has 21 heavy (non-hydrogen) atoms. The van der Waals surface area contributed by atoms with Crippen molar-refractivity contribution in [3.8, 4) is 10.7 Å². The summed E-state index contributed by atoms with van der Waals surface area (Å²) in [7, 11) is 2.04. The maximum atomic E-state index is 5.31. The maximum Gasteiger partial charge on any atom is 0.241 e. The van der Waals surface area contributed by atoms with Crippen molar-refractivity contribution in [1.82, 2.24) is 15.0 Å². The Morgan fingerprint density at radius 2 is 2.00 bits per heavy atom. The average Bonchev–Trinajstić information content (AvgIpc) is 3.12. The lowest BCUT2D eigenvalue weighted by molar-refractivity contribution is 0.261. The van der Waals surface area contributed by atoms with Crippen LogP contribution in [0.25, 0.3) is 10.7 Å². The molecule has 0 radical (unpaired) electrons. The SMILES string of the molecule is CN(Cc1ccc(Br)cc1)Cc1nc(-c2cccs2)no1. The molecule has 0 amide bonds. The molecular formula is C15H14BrN3OS. The molecule has 6 heteroatoms. The van der Waals surface area contributed by atoms with Gasteiger partial charge in [0.2, 0.25) is 11.7 Å². The third-order valence-electron chi connectivity index (χ3n) is 2.98. The van der Waals surface area contributed by atoms with E-state index in [-0.39, 0.29) is 0 Å². The molecule has 0 aliphatic carbocycles. The van der Waals surface area contributed by atoms with Gasteiger partial charge in [0.05, 0.1) is 11.4 Å². The van der Waals surface area contributed by atoms with Gasteiger partial charge < -0.3 is 4.52 Å². The Bertz CT molecular complexity index is 694. The van der Waals surface area contributed by atoms with E-state index in [9.17, 15) is 0 Å². The molecule has 0 bridgehead atoms. The second kappa shape index (κ2) is 6.51. The van der Waals surface area contributed by atoms with Gasteiger partial charge in [0.1, 0.15) is 0 Å². The summed E-state index contributed by atoms with van der Waals surface area (Å²) < 4.78 is 6.40. The van der Waals surface area contributed by atoms with Gasteiger partial charge in [-0.25, -0.2) is 0 Å². The summed E-state index contributed by atoms with van der Waals surface area (Å²) in [6, 6.07) is 12.3. The van der Waals surface area contributed by atoms with Crippen molar-refractivity contribution in [1.29, 1.82) is 0 Å². The molecule has 108 valence electrons. The molecule has 3 rings (SSSR count). The van der Waals surface area contributed by atoms with Gasteiger partial charge in [-0.05, 0) is 36.2 Å². The molecule has 2 heterocycles. The first-order chi connectivity index (χ1) is 10.2. The van der Waals surface area contributed by atoms with Gasteiger partial charge in [0.15, 0.2) is 0 Å². The Balaban J connectivity index is 1.62. The summed E-state index contributed by atoms with van der Waals surface area (Å²) in [5, 5.41) is 6.03. The van der Waals surface area contributed by atoms with E-state index in [1.165, 1.54) is 5.56 Å². The Morgan fingerprint density at radius 1 is 1.19 bits per heavy atom. The van der Waals surface area contributed by atoms with Crippen molar-refractivity contribution in [3.63, 3.8) is 0 Å². The molecule has 4 nitrogen and oxygen atoms in total. The van der Waals surface area contributed by atoms with Crippen LogP contribution in [-0.2, 0) is 13.1 Å². The molecule has 2 aromatic heterocycles. The Kier molecular flexibility index (Phi) is 4.48. The highest BCUT2D eigenvalue weighted by Gasteiger charge is 2.11. The van der Waals surface area contributed by atoms with E-state index >= 15 is 0 Å². The van der Waals surface area contributed by atoms with Crippen LogP contribution in [0.2, 0.25) is 0 Å². The fourth-order valence-corrected chi connectivity index (χ4v) is 2.93. The first-order valence-electron chi connectivity index (χ1n) is 6.50. The molecule has 0 fully saturated rings. The second-order valence-electron chi connectivity index (χ2n) is 4.79. The predicted molar refractivity (Wildman–Crippen MR) is 86.9 cm³/mol. The molecule has 0 atom stereocenters. The Labute approximate surface area is 135 Å². The van der Waals surface area contributed by atoms with Crippen LogP contribution in [0, 0.1) is 0 Å². The van der Waals surface area contributed by atoms with E-state index in [4.69, 9.17) is 4.52 Å². The molecule has 0 aliphatic heterocycles. The number of hydrogen-bond acceptors (Lipinski definition) is 5. The topological polar surface area (TPSA) is 42.2 Å². The lowest BCUT2D eigenvalue weighted by Gasteiger charge is -2.13. The van der Waals surface area contributed by atoms with Crippen LogP contribution in [0.3, 0.4) is 0 Å². The van der Waals surface area contributed by atoms with Crippen LogP contribution in [0.5, 0.6) is 0 Å². The van der Waals surface area contributed by atoms with Crippen molar-refractivity contribution in [2.45, 2.75) is 13.1 Å². The largest absolute Gasteiger partial charge is 0.338 e. The van der Waals surface area contributed by atoms with E-state index < -0.39 is 0 Å². The van der Waals surface area contributed by atoms with E-state index in [0.29, 0.717) is 18.3 Å². The van der Waals surface area contributed by atoms with Crippen LogP contribution in [-0.4, -0.2) is 22.1 Å². The summed E-state index contributed by atoms with van der Waals surface area (Å²) in [6.07, 6.45) is 0. The molecule has 0 aliphatic rings. The van der Waals surface area contributed by atoms with E-state index in [0.717, 1.165) is 15.9 Å². The van der Waals surface area contributed by atoms with Crippen LogP contribution in [0.4, 0.5) is 0 Å². The summed E-state index contributed by atoms with van der Waals surface area (Å²) >= 11 is 5.05. The van der Waals surface area contributed by atoms with Gasteiger partial charge in [-0.2, -0.15) is 4.98 Å². The van der Waals surface area contributed by atoms with E-state index in [2.05, 4.69) is 43.1 Å².